The van der Waals surface area contributed by atoms with Crippen LogP contribution in [0.1, 0.15) is 54.4 Å². The van der Waals surface area contributed by atoms with Gasteiger partial charge in [0.15, 0.2) is 0 Å². The van der Waals surface area contributed by atoms with E-state index in [9.17, 15) is 9.59 Å². The highest BCUT2D eigenvalue weighted by molar-refractivity contribution is 7.10. The second kappa shape index (κ2) is 9.19. The van der Waals surface area contributed by atoms with Crippen molar-refractivity contribution in [3.63, 3.8) is 0 Å². The van der Waals surface area contributed by atoms with Gasteiger partial charge in [0.05, 0.1) is 28.2 Å². The fraction of sp³-hybridized carbons (Fsp3) is 0.267. The summed E-state index contributed by atoms with van der Waals surface area (Å²) in [6, 6.07) is 18.3. The van der Waals surface area contributed by atoms with Gasteiger partial charge in [-0.2, -0.15) is 0 Å². The lowest BCUT2D eigenvalue weighted by Gasteiger charge is -2.47. The Morgan fingerprint density at radius 2 is 1.95 bits per heavy atom. The molecule has 1 unspecified atom stereocenters. The van der Waals surface area contributed by atoms with Gasteiger partial charge >= 0.3 is 0 Å². The van der Waals surface area contributed by atoms with Crippen molar-refractivity contribution in [2.24, 2.45) is 0 Å². The zero-order chi connectivity index (χ0) is 25.7. The molecule has 1 N–H and O–H groups in total. The van der Waals surface area contributed by atoms with Crippen molar-refractivity contribution in [1.82, 2.24) is 4.90 Å². The first-order chi connectivity index (χ1) is 17.9. The Labute approximate surface area is 226 Å². The van der Waals surface area contributed by atoms with Crippen molar-refractivity contribution in [3.8, 4) is 0 Å². The molecule has 3 aliphatic rings. The number of fused-ring (bicyclic) bond motifs is 2. The molecule has 1 spiro atoms. The van der Waals surface area contributed by atoms with Crippen LogP contribution in [0.5, 0.6) is 0 Å². The van der Waals surface area contributed by atoms with Crippen molar-refractivity contribution in [2.75, 3.05) is 16.8 Å². The fourth-order valence-corrected chi connectivity index (χ4v) is 6.74. The number of allylic oxidation sites excluding steroid dienone is 1. The quantitative estimate of drug-likeness (QED) is 0.363. The Bertz CT molecular complexity index is 1450. The Hall–Kier alpha value is -3.35. The molecule has 5 nitrogen and oxygen atoms in total. The molecular weight excluding hydrogens is 502 g/mol. The van der Waals surface area contributed by atoms with Gasteiger partial charge in [-0.3, -0.25) is 14.5 Å². The lowest BCUT2D eigenvalue weighted by molar-refractivity contribution is -0.131. The van der Waals surface area contributed by atoms with E-state index >= 15 is 0 Å². The molecule has 37 heavy (non-hydrogen) atoms. The van der Waals surface area contributed by atoms with Crippen LogP contribution >= 0.6 is 22.9 Å². The molecule has 1 aliphatic carbocycles. The van der Waals surface area contributed by atoms with Gasteiger partial charge in [0, 0.05) is 22.0 Å². The van der Waals surface area contributed by atoms with E-state index in [1.807, 2.05) is 46.7 Å². The number of benzene rings is 2. The summed E-state index contributed by atoms with van der Waals surface area (Å²) in [5.74, 6) is -0.197. The number of rotatable bonds is 4. The van der Waals surface area contributed by atoms with E-state index in [1.165, 1.54) is 5.57 Å². The van der Waals surface area contributed by atoms with Crippen LogP contribution in [0.25, 0.3) is 0 Å². The molecule has 1 aromatic heterocycles. The van der Waals surface area contributed by atoms with E-state index in [0.29, 0.717) is 22.7 Å². The third-order valence-corrected chi connectivity index (χ3v) is 8.81. The van der Waals surface area contributed by atoms with Gasteiger partial charge in [0.1, 0.15) is 6.04 Å². The van der Waals surface area contributed by atoms with Crippen molar-refractivity contribution in [3.05, 3.63) is 104 Å². The van der Waals surface area contributed by atoms with E-state index in [0.717, 1.165) is 41.2 Å². The molecule has 0 saturated heterocycles. The summed E-state index contributed by atoms with van der Waals surface area (Å²) in [6.45, 7) is 4.66. The highest BCUT2D eigenvalue weighted by atomic mass is 35.5. The summed E-state index contributed by atoms with van der Waals surface area (Å²) in [6.07, 6.45) is 4.99. The first kappa shape index (κ1) is 24.0. The molecule has 1 atom stereocenters. The summed E-state index contributed by atoms with van der Waals surface area (Å²) in [4.78, 5) is 33.4. The monoisotopic (exact) mass is 529 g/mol. The number of nitrogens with zero attached hydrogens (tertiary/aromatic N) is 2. The number of hydrogen-bond acceptors (Lipinski definition) is 4. The van der Waals surface area contributed by atoms with Crippen LogP contribution in [-0.4, -0.2) is 28.8 Å². The maximum absolute atomic E-state index is 14.4. The van der Waals surface area contributed by atoms with Crippen molar-refractivity contribution >= 4 is 46.1 Å². The summed E-state index contributed by atoms with van der Waals surface area (Å²) < 4.78 is 0. The second-order valence-corrected chi connectivity index (χ2v) is 11.5. The Morgan fingerprint density at radius 3 is 2.62 bits per heavy atom. The molecule has 2 amide bonds. The standard InChI is InChI=1S/C30H28ClN3O2S/c1-19(2)13-16-33-29(36)25-26(24-12-6-17-37-24)34(28(35)20-8-5-9-21(31)18-20)23-11-4-3-10-22(23)32-27(25)30(33)14-7-15-30/h3-6,8-13,17-18,26,32H,7,14-16H2,1-2H3. The van der Waals surface area contributed by atoms with E-state index in [1.54, 1.807) is 40.5 Å². The number of nitrogens with one attached hydrogen (secondary N) is 1. The maximum atomic E-state index is 14.4. The van der Waals surface area contributed by atoms with E-state index in [-0.39, 0.29) is 17.4 Å². The second-order valence-electron chi connectivity index (χ2n) is 10.1. The van der Waals surface area contributed by atoms with E-state index < -0.39 is 6.04 Å². The number of halogens is 1. The summed E-state index contributed by atoms with van der Waals surface area (Å²) >= 11 is 7.86. The van der Waals surface area contributed by atoms with Crippen LogP contribution in [0.3, 0.4) is 0 Å². The largest absolute Gasteiger partial charge is 0.355 e. The van der Waals surface area contributed by atoms with Crippen molar-refractivity contribution in [1.29, 1.82) is 0 Å². The Balaban J connectivity index is 1.59. The van der Waals surface area contributed by atoms with Gasteiger partial charge in [0.2, 0.25) is 0 Å². The molecule has 188 valence electrons. The fourth-order valence-electron chi connectivity index (χ4n) is 5.73. The van der Waals surface area contributed by atoms with Crippen LogP contribution in [0.15, 0.2) is 89.0 Å². The summed E-state index contributed by atoms with van der Waals surface area (Å²) in [5.41, 5.74) is 4.46. The van der Waals surface area contributed by atoms with Crippen LogP contribution in [0.4, 0.5) is 11.4 Å². The number of carbonyl (C=O) groups excluding carboxylic acids is 2. The number of para-hydroxylation sites is 2. The first-order valence-electron chi connectivity index (χ1n) is 12.6. The molecule has 0 bridgehead atoms. The number of amides is 2. The predicted molar refractivity (Wildman–Crippen MR) is 150 cm³/mol. The highest BCUT2D eigenvalue weighted by Gasteiger charge is 2.58. The Morgan fingerprint density at radius 1 is 1.14 bits per heavy atom. The van der Waals surface area contributed by atoms with Gasteiger partial charge in [0.25, 0.3) is 11.8 Å². The summed E-state index contributed by atoms with van der Waals surface area (Å²) in [5, 5.41) is 6.18. The van der Waals surface area contributed by atoms with Crippen molar-refractivity contribution < 1.29 is 9.59 Å². The zero-order valence-corrected chi connectivity index (χ0v) is 22.4. The van der Waals surface area contributed by atoms with E-state index in [2.05, 4.69) is 25.2 Å². The van der Waals surface area contributed by atoms with Gasteiger partial charge in [-0.1, -0.05) is 47.5 Å². The number of hydrogen-bond donors (Lipinski definition) is 1. The molecule has 1 fully saturated rings. The Kier molecular flexibility index (Phi) is 5.97. The van der Waals surface area contributed by atoms with Crippen LogP contribution < -0.4 is 10.2 Å². The molecule has 0 radical (unpaired) electrons. The van der Waals surface area contributed by atoms with Crippen LogP contribution in [-0.2, 0) is 4.79 Å². The van der Waals surface area contributed by atoms with Gasteiger partial charge in [-0.05, 0) is 74.9 Å². The molecule has 7 heteroatoms. The molecule has 6 rings (SSSR count). The zero-order valence-electron chi connectivity index (χ0n) is 20.8. The minimum absolute atomic E-state index is 0.00481. The molecule has 1 saturated carbocycles. The molecule has 3 heterocycles. The first-order valence-corrected chi connectivity index (χ1v) is 13.8. The maximum Gasteiger partial charge on any atom is 0.259 e. The summed E-state index contributed by atoms with van der Waals surface area (Å²) in [7, 11) is 0. The lowest BCUT2D eigenvalue weighted by Crippen LogP contribution is -2.54. The van der Waals surface area contributed by atoms with Crippen LogP contribution in [0.2, 0.25) is 5.02 Å². The third-order valence-electron chi connectivity index (χ3n) is 7.65. The molecule has 3 aromatic rings. The lowest BCUT2D eigenvalue weighted by atomic mass is 9.73. The highest BCUT2D eigenvalue weighted by Crippen LogP contribution is 2.55. The van der Waals surface area contributed by atoms with E-state index in [4.69, 9.17) is 11.6 Å². The predicted octanol–water partition coefficient (Wildman–Crippen LogP) is 7.20. The van der Waals surface area contributed by atoms with Crippen LogP contribution in [0, 0.1) is 0 Å². The number of anilines is 2. The smallest absolute Gasteiger partial charge is 0.259 e. The van der Waals surface area contributed by atoms with Gasteiger partial charge < -0.3 is 10.2 Å². The number of carbonyl (C=O) groups is 2. The normalized spacial score (nSPS) is 19.6. The van der Waals surface area contributed by atoms with Gasteiger partial charge in [-0.25, -0.2) is 0 Å². The topological polar surface area (TPSA) is 52.7 Å². The molecule has 2 aromatic carbocycles. The third kappa shape index (κ3) is 3.82. The minimum Gasteiger partial charge on any atom is -0.355 e. The number of thiophene rings is 1. The average Bonchev–Trinajstić information content (AvgIpc) is 3.43. The van der Waals surface area contributed by atoms with Gasteiger partial charge in [-0.15, -0.1) is 11.3 Å². The molecule has 2 aliphatic heterocycles. The minimum atomic E-state index is -0.556. The average molecular weight is 530 g/mol. The molecular formula is C30H28ClN3O2S. The SMILES string of the molecule is CC(C)=CCN1C(=O)C2=C(Nc3ccccc3N(C(=O)c3cccc(Cl)c3)C2c2cccs2)C12CCC2. The van der Waals surface area contributed by atoms with Crippen molar-refractivity contribution in [2.45, 2.75) is 44.7 Å².